The molecule has 94 valence electrons. The number of benzene rings is 1. The van der Waals surface area contributed by atoms with Gasteiger partial charge in [0.25, 0.3) is 0 Å². The lowest BCUT2D eigenvalue weighted by atomic mass is 9.94. The van der Waals surface area contributed by atoms with Crippen LogP contribution in [-0.2, 0) is 11.3 Å². The molecule has 1 atom stereocenters. The smallest absolute Gasteiger partial charge is 0.0641 e. The van der Waals surface area contributed by atoms with Gasteiger partial charge in [-0.15, -0.1) is 0 Å². The van der Waals surface area contributed by atoms with Gasteiger partial charge in [0.15, 0.2) is 0 Å². The maximum Gasteiger partial charge on any atom is 0.0641 e. The van der Waals surface area contributed by atoms with E-state index in [9.17, 15) is 0 Å². The van der Waals surface area contributed by atoms with Crippen molar-refractivity contribution < 1.29 is 4.74 Å². The third-order valence-corrected chi connectivity index (χ3v) is 3.60. The van der Waals surface area contributed by atoms with E-state index in [-0.39, 0.29) is 5.60 Å². The van der Waals surface area contributed by atoms with Crippen LogP contribution >= 0.6 is 11.6 Å². The minimum Gasteiger partial charge on any atom is -0.375 e. The number of hydrogen-bond donors (Lipinski definition) is 1. The molecule has 2 nitrogen and oxygen atoms in total. The predicted molar refractivity (Wildman–Crippen MR) is 71.3 cm³/mol. The summed E-state index contributed by atoms with van der Waals surface area (Å²) in [7, 11) is 0. The standard InChI is InChI=1S/C14H20ClNO/c1-14(2)9-12(7-8-17-14)16-10-11-5-3-4-6-13(11)15/h3-6,12,16H,7-10H2,1-2H3. The first-order valence-corrected chi connectivity index (χ1v) is 6.55. The van der Waals surface area contributed by atoms with Gasteiger partial charge in [-0.25, -0.2) is 0 Å². The third kappa shape index (κ3) is 3.70. The largest absolute Gasteiger partial charge is 0.375 e. The molecule has 1 fully saturated rings. The van der Waals surface area contributed by atoms with Gasteiger partial charge in [0.05, 0.1) is 5.60 Å². The molecule has 1 unspecified atom stereocenters. The summed E-state index contributed by atoms with van der Waals surface area (Å²) in [4.78, 5) is 0. The molecule has 0 radical (unpaired) electrons. The van der Waals surface area contributed by atoms with Crippen molar-refractivity contribution in [2.75, 3.05) is 6.61 Å². The van der Waals surface area contributed by atoms with Gasteiger partial charge in [0, 0.05) is 24.2 Å². The molecule has 0 saturated carbocycles. The van der Waals surface area contributed by atoms with Gasteiger partial charge in [0.2, 0.25) is 0 Å². The summed E-state index contributed by atoms with van der Waals surface area (Å²) in [6.07, 6.45) is 2.13. The van der Waals surface area contributed by atoms with Crippen molar-refractivity contribution in [3.05, 3.63) is 34.9 Å². The lowest BCUT2D eigenvalue weighted by Crippen LogP contribution is -2.43. The van der Waals surface area contributed by atoms with Crippen LogP contribution in [0.2, 0.25) is 5.02 Å². The van der Waals surface area contributed by atoms with E-state index in [1.54, 1.807) is 0 Å². The Hall–Kier alpha value is -0.570. The second kappa shape index (κ2) is 5.38. The van der Waals surface area contributed by atoms with Crippen LogP contribution in [0.1, 0.15) is 32.3 Å². The molecule has 1 aromatic carbocycles. The van der Waals surface area contributed by atoms with Crippen LogP contribution in [0.5, 0.6) is 0 Å². The highest BCUT2D eigenvalue weighted by Crippen LogP contribution is 2.24. The zero-order valence-corrected chi connectivity index (χ0v) is 11.3. The topological polar surface area (TPSA) is 21.3 Å². The van der Waals surface area contributed by atoms with E-state index in [2.05, 4.69) is 25.2 Å². The molecule has 2 rings (SSSR count). The molecule has 1 heterocycles. The molecular formula is C14H20ClNO. The first-order valence-electron chi connectivity index (χ1n) is 6.17. The highest BCUT2D eigenvalue weighted by molar-refractivity contribution is 6.31. The Morgan fingerprint density at radius 3 is 2.88 bits per heavy atom. The number of hydrogen-bond acceptors (Lipinski definition) is 2. The second-order valence-electron chi connectivity index (χ2n) is 5.27. The van der Waals surface area contributed by atoms with Crippen molar-refractivity contribution in [2.24, 2.45) is 0 Å². The summed E-state index contributed by atoms with van der Waals surface area (Å²) in [5.74, 6) is 0. The Labute approximate surface area is 108 Å². The number of halogens is 1. The van der Waals surface area contributed by atoms with Gasteiger partial charge < -0.3 is 10.1 Å². The Kier molecular flexibility index (Phi) is 4.08. The lowest BCUT2D eigenvalue weighted by molar-refractivity contribution is -0.0630. The lowest BCUT2D eigenvalue weighted by Gasteiger charge is -2.36. The Morgan fingerprint density at radius 1 is 1.41 bits per heavy atom. The Morgan fingerprint density at radius 2 is 2.18 bits per heavy atom. The van der Waals surface area contributed by atoms with Crippen LogP contribution in [0.25, 0.3) is 0 Å². The number of nitrogens with one attached hydrogen (secondary N) is 1. The Balaban J connectivity index is 1.88. The van der Waals surface area contributed by atoms with E-state index in [0.29, 0.717) is 6.04 Å². The van der Waals surface area contributed by atoms with E-state index >= 15 is 0 Å². The highest BCUT2D eigenvalue weighted by atomic mass is 35.5. The van der Waals surface area contributed by atoms with Gasteiger partial charge in [-0.1, -0.05) is 29.8 Å². The molecular weight excluding hydrogens is 234 g/mol. The van der Waals surface area contributed by atoms with Crippen molar-refractivity contribution >= 4 is 11.6 Å². The average molecular weight is 254 g/mol. The molecule has 1 saturated heterocycles. The molecule has 1 N–H and O–H groups in total. The molecule has 3 heteroatoms. The summed E-state index contributed by atoms with van der Waals surface area (Å²) in [5, 5.41) is 4.41. The second-order valence-corrected chi connectivity index (χ2v) is 5.68. The van der Waals surface area contributed by atoms with E-state index in [4.69, 9.17) is 16.3 Å². The van der Waals surface area contributed by atoms with Gasteiger partial charge in [-0.3, -0.25) is 0 Å². The van der Waals surface area contributed by atoms with Crippen LogP contribution < -0.4 is 5.32 Å². The minimum absolute atomic E-state index is 0.00357. The summed E-state index contributed by atoms with van der Waals surface area (Å²) in [5.41, 5.74) is 1.16. The van der Waals surface area contributed by atoms with Gasteiger partial charge in [0.1, 0.15) is 0 Å². The third-order valence-electron chi connectivity index (χ3n) is 3.24. The monoisotopic (exact) mass is 253 g/mol. The highest BCUT2D eigenvalue weighted by Gasteiger charge is 2.28. The fraction of sp³-hybridized carbons (Fsp3) is 0.571. The fourth-order valence-electron chi connectivity index (χ4n) is 2.30. The zero-order valence-electron chi connectivity index (χ0n) is 10.5. The first kappa shape index (κ1) is 12.9. The van der Waals surface area contributed by atoms with Gasteiger partial charge in [-0.05, 0) is 38.3 Å². The van der Waals surface area contributed by atoms with E-state index < -0.39 is 0 Å². The van der Waals surface area contributed by atoms with Crippen LogP contribution in [0.15, 0.2) is 24.3 Å². The van der Waals surface area contributed by atoms with Crippen molar-refractivity contribution in [3.8, 4) is 0 Å². The van der Waals surface area contributed by atoms with E-state index in [0.717, 1.165) is 31.0 Å². The molecule has 0 aliphatic carbocycles. The zero-order chi connectivity index (χ0) is 12.3. The van der Waals surface area contributed by atoms with Crippen LogP contribution in [0.3, 0.4) is 0 Å². The Bertz CT molecular complexity index is 378. The van der Waals surface area contributed by atoms with Gasteiger partial charge >= 0.3 is 0 Å². The van der Waals surface area contributed by atoms with Gasteiger partial charge in [-0.2, -0.15) is 0 Å². The van der Waals surface area contributed by atoms with E-state index in [1.807, 2.05) is 18.2 Å². The quantitative estimate of drug-likeness (QED) is 0.892. The van der Waals surface area contributed by atoms with Crippen LogP contribution in [0.4, 0.5) is 0 Å². The summed E-state index contributed by atoms with van der Waals surface area (Å²) in [6.45, 7) is 5.97. The fourth-order valence-corrected chi connectivity index (χ4v) is 2.50. The molecule has 1 aliphatic rings. The molecule has 0 spiro atoms. The van der Waals surface area contributed by atoms with Crippen LogP contribution in [0, 0.1) is 0 Å². The maximum absolute atomic E-state index is 6.13. The maximum atomic E-state index is 6.13. The normalized spacial score (nSPS) is 23.6. The molecule has 0 amide bonds. The molecule has 1 aromatic rings. The summed E-state index contributed by atoms with van der Waals surface area (Å²) < 4.78 is 5.71. The van der Waals surface area contributed by atoms with E-state index in [1.165, 1.54) is 5.56 Å². The SMILES string of the molecule is CC1(C)CC(NCc2ccccc2Cl)CCO1. The predicted octanol–water partition coefficient (Wildman–Crippen LogP) is 3.39. The number of rotatable bonds is 3. The van der Waals surface area contributed by atoms with Crippen LogP contribution in [-0.4, -0.2) is 18.2 Å². The summed E-state index contributed by atoms with van der Waals surface area (Å²) >= 11 is 6.13. The minimum atomic E-state index is -0.00357. The number of ether oxygens (including phenoxy) is 1. The first-order chi connectivity index (χ1) is 8.07. The molecule has 17 heavy (non-hydrogen) atoms. The molecule has 0 aromatic heterocycles. The van der Waals surface area contributed by atoms with Crippen molar-refractivity contribution in [3.63, 3.8) is 0 Å². The summed E-state index contributed by atoms with van der Waals surface area (Å²) in [6, 6.07) is 8.52. The average Bonchev–Trinajstić information content (AvgIpc) is 2.27. The molecule has 0 bridgehead atoms. The molecule has 1 aliphatic heterocycles. The van der Waals surface area contributed by atoms with Crippen molar-refractivity contribution in [1.29, 1.82) is 0 Å². The van der Waals surface area contributed by atoms with Crippen molar-refractivity contribution in [2.45, 2.75) is 44.9 Å². The van der Waals surface area contributed by atoms with Crippen molar-refractivity contribution in [1.82, 2.24) is 5.32 Å².